The number of carboxylic acids is 1. The molecule has 1 fully saturated rings. The Bertz CT molecular complexity index is 480. The Balaban J connectivity index is 2.05. The molecule has 6 nitrogen and oxygen atoms in total. The van der Waals surface area contributed by atoms with Crippen molar-refractivity contribution in [2.24, 2.45) is 0 Å². The summed E-state index contributed by atoms with van der Waals surface area (Å²) >= 11 is 0. The minimum absolute atomic E-state index is 0.0327. The highest BCUT2D eigenvalue weighted by molar-refractivity contribution is 5.76. The molecule has 2 amide bonds. The van der Waals surface area contributed by atoms with Crippen molar-refractivity contribution >= 4 is 12.0 Å². The smallest absolute Gasteiger partial charge is 0.320 e. The van der Waals surface area contributed by atoms with Gasteiger partial charge in [-0.1, -0.05) is 0 Å². The predicted molar refractivity (Wildman–Crippen MR) is 76.8 cm³/mol. The van der Waals surface area contributed by atoms with Crippen molar-refractivity contribution in [2.45, 2.75) is 51.7 Å². The Morgan fingerprint density at radius 1 is 1.43 bits per heavy atom. The first-order valence-corrected chi connectivity index (χ1v) is 7.30. The van der Waals surface area contributed by atoms with Gasteiger partial charge in [-0.15, -0.1) is 0 Å². The van der Waals surface area contributed by atoms with E-state index in [-0.39, 0.29) is 31.1 Å². The zero-order valence-electron chi connectivity index (χ0n) is 12.5. The van der Waals surface area contributed by atoms with Gasteiger partial charge in [-0.05, 0) is 38.8 Å². The van der Waals surface area contributed by atoms with Gasteiger partial charge in [0.05, 0.1) is 19.2 Å². The first kappa shape index (κ1) is 15.4. The molecule has 116 valence electrons. The van der Waals surface area contributed by atoms with Crippen molar-refractivity contribution in [1.82, 2.24) is 9.80 Å². The largest absolute Gasteiger partial charge is 0.481 e. The topological polar surface area (TPSA) is 74.0 Å². The summed E-state index contributed by atoms with van der Waals surface area (Å²) in [5.74, 6) is -0.144. The summed E-state index contributed by atoms with van der Waals surface area (Å²) in [5.41, 5.74) is 0. The molecule has 6 heteroatoms. The van der Waals surface area contributed by atoms with Crippen LogP contribution in [-0.4, -0.2) is 45.5 Å². The number of carboxylic acid groups (broad SMARTS) is 1. The zero-order chi connectivity index (χ0) is 15.4. The maximum Gasteiger partial charge on any atom is 0.320 e. The molecule has 0 bridgehead atoms. The molecule has 0 aromatic carbocycles. The van der Waals surface area contributed by atoms with Crippen molar-refractivity contribution in [1.29, 1.82) is 0 Å². The third kappa shape index (κ3) is 4.24. The lowest BCUT2D eigenvalue weighted by Crippen LogP contribution is -2.47. The fourth-order valence-electron chi connectivity index (χ4n) is 2.27. The lowest BCUT2D eigenvalue weighted by molar-refractivity contribution is -0.137. The molecule has 1 aliphatic rings. The van der Waals surface area contributed by atoms with E-state index >= 15 is 0 Å². The van der Waals surface area contributed by atoms with Gasteiger partial charge >= 0.3 is 12.0 Å². The molecule has 1 aromatic heterocycles. The van der Waals surface area contributed by atoms with Gasteiger partial charge in [0.1, 0.15) is 5.76 Å². The van der Waals surface area contributed by atoms with Crippen molar-refractivity contribution in [2.75, 3.05) is 6.54 Å². The van der Waals surface area contributed by atoms with Gasteiger partial charge in [0.15, 0.2) is 0 Å². The van der Waals surface area contributed by atoms with Gasteiger partial charge in [-0.25, -0.2) is 4.79 Å². The number of carbonyl (C=O) groups excluding carboxylic acids is 1. The summed E-state index contributed by atoms with van der Waals surface area (Å²) in [6.07, 6.45) is 3.55. The van der Waals surface area contributed by atoms with Crippen LogP contribution < -0.4 is 0 Å². The molecule has 1 N–H and O–H groups in total. The number of amides is 2. The molecule has 0 atom stereocenters. The second-order valence-electron chi connectivity index (χ2n) is 5.65. The fourth-order valence-corrected chi connectivity index (χ4v) is 2.27. The Hall–Kier alpha value is -1.98. The van der Waals surface area contributed by atoms with Crippen LogP contribution in [0.3, 0.4) is 0 Å². The minimum atomic E-state index is -0.891. The molecular formula is C15H22N2O4. The fraction of sp³-hybridized carbons (Fsp3) is 0.600. The van der Waals surface area contributed by atoms with E-state index in [2.05, 4.69) is 0 Å². The molecular weight excluding hydrogens is 272 g/mol. The van der Waals surface area contributed by atoms with Crippen molar-refractivity contribution in [3.05, 3.63) is 24.2 Å². The monoisotopic (exact) mass is 294 g/mol. The number of nitrogens with zero attached hydrogens (tertiary/aromatic N) is 2. The summed E-state index contributed by atoms with van der Waals surface area (Å²) in [6, 6.07) is 3.75. The molecule has 1 heterocycles. The normalized spacial score (nSPS) is 14.2. The molecule has 0 aliphatic heterocycles. The summed E-state index contributed by atoms with van der Waals surface area (Å²) in [4.78, 5) is 26.9. The first-order valence-electron chi connectivity index (χ1n) is 7.30. The Kier molecular flexibility index (Phi) is 4.88. The average molecular weight is 294 g/mol. The van der Waals surface area contributed by atoms with E-state index in [4.69, 9.17) is 9.52 Å². The van der Waals surface area contributed by atoms with E-state index in [1.807, 2.05) is 19.9 Å². The number of aliphatic carboxylic acids is 1. The zero-order valence-corrected chi connectivity index (χ0v) is 12.5. The quantitative estimate of drug-likeness (QED) is 0.838. The molecule has 2 rings (SSSR count). The van der Waals surface area contributed by atoms with Gasteiger partial charge in [0, 0.05) is 18.6 Å². The number of urea groups is 1. The van der Waals surface area contributed by atoms with Gasteiger partial charge < -0.3 is 19.3 Å². The molecule has 21 heavy (non-hydrogen) atoms. The lowest BCUT2D eigenvalue weighted by Gasteiger charge is -2.32. The maximum absolute atomic E-state index is 12.7. The summed E-state index contributed by atoms with van der Waals surface area (Å²) < 4.78 is 5.32. The summed E-state index contributed by atoms with van der Waals surface area (Å²) in [7, 11) is 0. The molecule has 0 spiro atoms. The summed E-state index contributed by atoms with van der Waals surface area (Å²) in [6.45, 7) is 4.47. The Morgan fingerprint density at radius 3 is 2.62 bits per heavy atom. The van der Waals surface area contributed by atoms with Gasteiger partial charge in [0.25, 0.3) is 0 Å². The third-order valence-electron chi connectivity index (χ3n) is 3.58. The van der Waals surface area contributed by atoms with Crippen LogP contribution in [0.5, 0.6) is 0 Å². The highest BCUT2D eigenvalue weighted by atomic mass is 16.4. The van der Waals surface area contributed by atoms with Gasteiger partial charge in [-0.3, -0.25) is 4.79 Å². The molecule has 0 radical (unpaired) electrons. The molecule has 1 saturated carbocycles. The van der Waals surface area contributed by atoms with Crippen LogP contribution in [0.15, 0.2) is 22.8 Å². The van der Waals surface area contributed by atoms with Crippen molar-refractivity contribution in [3.8, 4) is 0 Å². The number of hydrogen-bond acceptors (Lipinski definition) is 3. The van der Waals surface area contributed by atoms with Crippen molar-refractivity contribution < 1.29 is 19.1 Å². The van der Waals surface area contributed by atoms with Crippen LogP contribution in [0, 0.1) is 0 Å². The highest BCUT2D eigenvalue weighted by Crippen LogP contribution is 2.30. The number of carbonyl (C=O) groups is 2. The Morgan fingerprint density at radius 2 is 2.14 bits per heavy atom. The standard InChI is InChI=1S/C15H22N2O4/c1-11(2)16(8-7-14(18)19)15(20)17(12-5-6-12)10-13-4-3-9-21-13/h3-4,9,11-12H,5-8,10H2,1-2H3,(H,18,19). The van der Waals surface area contributed by atoms with E-state index in [0.29, 0.717) is 6.54 Å². The summed E-state index contributed by atoms with van der Waals surface area (Å²) in [5, 5.41) is 8.83. The molecule has 0 unspecified atom stereocenters. The second-order valence-corrected chi connectivity index (χ2v) is 5.65. The lowest BCUT2D eigenvalue weighted by atomic mass is 10.3. The predicted octanol–water partition coefficient (Wildman–Crippen LogP) is 2.55. The van der Waals surface area contributed by atoms with Crippen LogP contribution >= 0.6 is 0 Å². The minimum Gasteiger partial charge on any atom is -0.481 e. The van der Waals surface area contributed by atoms with Gasteiger partial charge in [-0.2, -0.15) is 0 Å². The Labute approximate surface area is 124 Å². The highest BCUT2D eigenvalue weighted by Gasteiger charge is 2.36. The van der Waals surface area contributed by atoms with Crippen LogP contribution in [0.2, 0.25) is 0 Å². The van der Waals surface area contributed by atoms with Crippen LogP contribution in [0.4, 0.5) is 4.79 Å². The van der Waals surface area contributed by atoms with Crippen LogP contribution in [-0.2, 0) is 11.3 Å². The van der Waals surface area contributed by atoms with Crippen LogP contribution in [0.1, 0.15) is 38.9 Å². The third-order valence-corrected chi connectivity index (χ3v) is 3.58. The maximum atomic E-state index is 12.7. The number of furan rings is 1. The molecule has 1 aromatic rings. The SMILES string of the molecule is CC(C)N(CCC(=O)O)C(=O)N(Cc1ccco1)C1CC1. The molecule has 1 aliphatic carbocycles. The number of rotatable bonds is 7. The van der Waals surface area contributed by atoms with Gasteiger partial charge in [0.2, 0.25) is 0 Å². The first-order chi connectivity index (χ1) is 9.99. The van der Waals surface area contributed by atoms with E-state index in [1.54, 1.807) is 22.1 Å². The van der Waals surface area contributed by atoms with Crippen LogP contribution in [0.25, 0.3) is 0 Å². The number of hydrogen-bond donors (Lipinski definition) is 1. The van der Waals surface area contributed by atoms with E-state index < -0.39 is 5.97 Å². The second kappa shape index (κ2) is 6.65. The average Bonchev–Trinajstić information content (AvgIpc) is 3.12. The van der Waals surface area contributed by atoms with E-state index in [1.165, 1.54) is 0 Å². The molecule has 0 saturated heterocycles. The van der Waals surface area contributed by atoms with Crippen molar-refractivity contribution in [3.63, 3.8) is 0 Å². The van der Waals surface area contributed by atoms with E-state index in [9.17, 15) is 9.59 Å². The van der Waals surface area contributed by atoms with E-state index in [0.717, 1.165) is 18.6 Å².